The molecule has 1 unspecified atom stereocenters. The fourth-order valence-corrected chi connectivity index (χ4v) is 3.94. The monoisotopic (exact) mass is 423 g/mol. The van der Waals surface area contributed by atoms with Crippen molar-refractivity contribution in [3.05, 3.63) is 47.5 Å². The molecule has 0 spiro atoms. The maximum atomic E-state index is 12.7. The Morgan fingerprint density at radius 3 is 2.35 bits per heavy atom. The summed E-state index contributed by atoms with van der Waals surface area (Å²) in [5.41, 5.74) is 13.2. The van der Waals surface area contributed by atoms with Crippen molar-refractivity contribution in [2.24, 2.45) is 11.5 Å². The fourth-order valence-electron chi connectivity index (χ4n) is 3.94. The van der Waals surface area contributed by atoms with E-state index >= 15 is 0 Å². The minimum absolute atomic E-state index is 0.0305. The summed E-state index contributed by atoms with van der Waals surface area (Å²) in [5, 5.41) is 3.18. The van der Waals surface area contributed by atoms with Gasteiger partial charge in [0.15, 0.2) is 0 Å². The zero-order valence-corrected chi connectivity index (χ0v) is 17.8. The summed E-state index contributed by atoms with van der Waals surface area (Å²) in [7, 11) is 2.06. The second-order valence-corrected chi connectivity index (χ2v) is 8.22. The number of pyridine rings is 1. The Hall–Kier alpha value is -3.17. The molecule has 3 heterocycles. The first-order valence-corrected chi connectivity index (χ1v) is 10.6. The Kier molecular flexibility index (Phi) is 6.06. The third-order valence-electron chi connectivity index (χ3n) is 5.88. The van der Waals surface area contributed by atoms with Crippen molar-refractivity contribution in [2.45, 2.75) is 12.5 Å². The quantitative estimate of drug-likeness (QED) is 0.652. The average Bonchev–Trinajstić information content (AvgIpc) is 3.20. The van der Waals surface area contributed by atoms with Gasteiger partial charge in [-0.1, -0.05) is 0 Å². The second kappa shape index (κ2) is 8.91. The molecule has 0 bridgehead atoms. The number of hydrogen-bond acceptors (Lipinski definition) is 7. The van der Waals surface area contributed by atoms with Gasteiger partial charge in [-0.2, -0.15) is 0 Å². The lowest BCUT2D eigenvalue weighted by atomic mass is 10.1. The summed E-state index contributed by atoms with van der Waals surface area (Å²) in [6.07, 6.45) is 0.908. The summed E-state index contributed by atoms with van der Waals surface area (Å²) in [4.78, 5) is 35.4. The van der Waals surface area contributed by atoms with E-state index in [9.17, 15) is 9.59 Å². The molecule has 1 aromatic carbocycles. The topological polar surface area (TPSA) is 121 Å². The van der Waals surface area contributed by atoms with Crippen molar-refractivity contribution >= 4 is 29.1 Å². The number of likely N-dealkylation sites (N-methyl/N-ethyl adjacent to an activating group) is 1. The number of nitrogens with two attached hydrogens (primary N) is 2. The van der Waals surface area contributed by atoms with Gasteiger partial charge in [0.25, 0.3) is 11.8 Å². The van der Waals surface area contributed by atoms with E-state index in [1.807, 2.05) is 17.0 Å². The van der Waals surface area contributed by atoms with E-state index in [0.29, 0.717) is 16.9 Å². The molecule has 2 aromatic rings. The second-order valence-electron chi connectivity index (χ2n) is 8.22. The van der Waals surface area contributed by atoms with Crippen LogP contribution in [0.3, 0.4) is 0 Å². The highest BCUT2D eigenvalue weighted by Gasteiger charge is 2.23. The molecule has 0 saturated carbocycles. The summed E-state index contributed by atoms with van der Waals surface area (Å²) >= 11 is 0. The third-order valence-corrected chi connectivity index (χ3v) is 5.88. The van der Waals surface area contributed by atoms with Crippen LogP contribution in [0.15, 0.2) is 36.4 Å². The smallest absolute Gasteiger partial charge is 0.253 e. The SMILES string of the molecule is CN1CCN(C(=O)c2ccc(Nc3nc(N4CCC(N)C4)ccc3C(N)=O)cc2)CC1. The van der Waals surface area contributed by atoms with Gasteiger partial charge in [-0.3, -0.25) is 9.59 Å². The van der Waals surface area contributed by atoms with Gasteiger partial charge in [0.1, 0.15) is 11.6 Å². The Labute approximate surface area is 182 Å². The van der Waals surface area contributed by atoms with Crippen LogP contribution >= 0.6 is 0 Å². The van der Waals surface area contributed by atoms with Crippen molar-refractivity contribution < 1.29 is 9.59 Å². The zero-order valence-electron chi connectivity index (χ0n) is 17.8. The van der Waals surface area contributed by atoms with Crippen LogP contribution in [0.4, 0.5) is 17.3 Å². The predicted molar refractivity (Wildman–Crippen MR) is 121 cm³/mol. The van der Waals surface area contributed by atoms with E-state index in [4.69, 9.17) is 11.5 Å². The highest BCUT2D eigenvalue weighted by molar-refractivity contribution is 5.99. The molecule has 9 nitrogen and oxygen atoms in total. The number of primary amides is 1. The number of amides is 2. The van der Waals surface area contributed by atoms with E-state index in [1.165, 1.54) is 0 Å². The van der Waals surface area contributed by atoms with E-state index in [2.05, 4.69) is 27.1 Å². The molecule has 2 aliphatic heterocycles. The van der Waals surface area contributed by atoms with Gasteiger partial charge in [0.05, 0.1) is 5.56 Å². The minimum atomic E-state index is -0.554. The predicted octanol–water partition coefficient (Wildman–Crippen LogP) is 0.849. The first-order chi connectivity index (χ1) is 14.9. The van der Waals surface area contributed by atoms with Crippen LogP contribution in [-0.2, 0) is 0 Å². The molecule has 1 atom stereocenters. The molecule has 0 aliphatic carbocycles. The highest BCUT2D eigenvalue weighted by Crippen LogP contribution is 2.25. The first kappa shape index (κ1) is 21.1. The number of piperazine rings is 1. The molecule has 4 rings (SSSR count). The van der Waals surface area contributed by atoms with Gasteiger partial charge in [0.2, 0.25) is 0 Å². The number of carbonyl (C=O) groups excluding carboxylic acids is 2. The molecular weight excluding hydrogens is 394 g/mol. The molecule has 2 fully saturated rings. The molecule has 31 heavy (non-hydrogen) atoms. The number of nitrogens with zero attached hydrogens (tertiary/aromatic N) is 4. The van der Waals surface area contributed by atoms with Crippen LogP contribution in [0, 0.1) is 0 Å². The Balaban J connectivity index is 1.50. The maximum Gasteiger partial charge on any atom is 0.253 e. The Morgan fingerprint density at radius 2 is 1.74 bits per heavy atom. The van der Waals surface area contributed by atoms with Crippen molar-refractivity contribution in [3.63, 3.8) is 0 Å². The number of anilines is 3. The molecule has 2 saturated heterocycles. The summed E-state index contributed by atoms with van der Waals surface area (Å²) < 4.78 is 0. The lowest BCUT2D eigenvalue weighted by Gasteiger charge is -2.32. The van der Waals surface area contributed by atoms with Gasteiger partial charge in [0, 0.05) is 56.6 Å². The number of aromatic nitrogens is 1. The molecule has 164 valence electrons. The summed E-state index contributed by atoms with van der Waals surface area (Å²) in [6.45, 7) is 4.77. The number of nitrogens with one attached hydrogen (secondary N) is 1. The average molecular weight is 424 g/mol. The van der Waals surface area contributed by atoms with Crippen LogP contribution in [0.25, 0.3) is 0 Å². The van der Waals surface area contributed by atoms with Crippen molar-refractivity contribution in [1.29, 1.82) is 0 Å². The minimum Gasteiger partial charge on any atom is -0.365 e. The van der Waals surface area contributed by atoms with Crippen molar-refractivity contribution in [1.82, 2.24) is 14.8 Å². The van der Waals surface area contributed by atoms with Gasteiger partial charge in [-0.25, -0.2) is 4.98 Å². The molecular formula is C22H29N7O2. The van der Waals surface area contributed by atoms with E-state index in [1.54, 1.807) is 24.3 Å². The van der Waals surface area contributed by atoms with Crippen LogP contribution in [0.1, 0.15) is 27.1 Å². The fraction of sp³-hybridized carbons (Fsp3) is 0.409. The normalized spacial score (nSPS) is 19.5. The number of hydrogen-bond donors (Lipinski definition) is 3. The lowest BCUT2D eigenvalue weighted by molar-refractivity contribution is 0.0664. The Bertz CT molecular complexity index is 955. The Morgan fingerprint density at radius 1 is 1.03 bits per heavy atom. The van der Waals surface area contributed by atoms with Gasteiger partial charge < -0.3 is 31.5 Å². The van der Waals surface area contributed by atoms with E-state index in [0.717, 1.165) is 57.2 Å². The third kappa shape index (κ3) is 4.78. The van der Waals surface area contributed by atoms with Crippen LogP contribution < -0.4 is 21.7 Å². The standard InChI is InChI=1S/C22H29N7O2/c1-27-10-12-28(13-11-27)22(31)15-2-4-17(5-3-15)25-21-18(20(24)30)6-7-19(26-21)29-9-8-16(23)14-29/h2-7,16H,8-14,23H2,1H3,(H2,24,30)(H,25,26). The molecule has 2 aliphatic rings. The number of rotatable bonds is 5. The molecule has 1 aromatic heterocycles. The first-order valence-electron chi connectivity index (χ1n) is 10.6. The van der Waals surface area contributed by atoms with Gasteiger partial charge >= 0.3 is 0 Å². The number of carbonyl (C=O) groups is 2. The van der Waals surface area contributed by atoms with Crippen LogP contribution in [-0.4, -0.2) is 79.0 Å². The lowest BCUT2D eigenvalue weighted by Crippen LogP contribution is -2.47. The molecule has 5 N–H and O–H groups in total. The summed E-state index contributed by atoms with van der Waals surface area (Å²) in [5.74, 6) is 0.621. The van der Waals surface area contributed by atoms with Crippen molar-refractivity contribution in [2.75, 3.05) is 56.5 Å². The van der Waals surface area contributed by atoms with Crippen LogP contribution in [0.5, 0.6) is 0 Å². The van der Waals surface area contributed by atoms with Gasteiger partial charge in [-0.15, -0.1) is 0 Å². The van der Waals surface area contributed by atoms with Crippen molar-refractivity contribution in [3.8, 4) is 0 Å². The number of benzene rings is 1. The van der Waals surface area contributed by atoms with E-state index in [-0.39, 0.29) is 11.9 Å². The molecule has 2 amide bonds. The molecule has 0 radical (unpaired) electrons. The largest absolute Gasteiger partial charge is 0.365 e. The van der Waals surface area contributed by atoms with E-state index < -0.39 is 5.91 Å². The zero-order chi connectivity index (χ0) is 22.0. The summed E-state index contributed by atoms with van der Waals surface area (Å²) in [6, 6.07) is 10.8. The highest BCUT2D eigenvalue weighted by atomic mass is 16.2. The van der Waals surface area contributed by atoms with Gasteiger partial charge in [-0.05, 0) is 49.9 Å². The van der Waals surface area contributed by atoms with Crippen LogP contribution in [0.2, 0.25) is 0 Å². The maximum absolute atomic E-state index is 12.7. The molecule has 9 heteroatoms.